The Hall–Kier alpha value is -2.67. The lowest BCUT2D eigenvalue weighted by atomic mass is 10.2. The molecule has 0 fully saturated rings. The van der Waals surface area contributed by atoms with Crippen molar-refractivity contribution in [2.24, 2.45) is 0 Å². The number of pyridine rings is 1. The third-order valence-electron chi connectivity index (χ3n) is 2.99. The van der Waals surface area contributed by atoms with E-state index in [0.29, 0.717) is 16.3 Å². The van der Waals surface area contributed by atoms with Crippen molar-refractivity contribution >= 4 is 28.4 Å². The van der Waals surface area contributed by atoms with Gasteiger partial charge in [-0.3, -0.25) is 14.7 Å². The summed E-state index contributed by atoms with van der Waals surface area (Å²) >= 11 is 5.80. The average molecular weight is 306 g/mol. The van der Waals surface area contributed by atoms with Crippen LogP contribution in [0.3, 0.4) is 0 Å². The zero-order valence-electron chi connectivity index (χ0n) is 10.5. The standard InChI is InChI=1S/C13H8ClN3O4/c14-12-5-8(3-4-15-12)7-16-10-6-9(17(19)20)1-2-11(10)21-13(16)18/h1-6H,7H2. The van der Waals surface area contributed by atoms with Crippen molar-refractivity contribution in [1.29, 1.82) is 0 Å². The number of nitro groups is 1. The largest absolute Gasteiger partial charge is 0.420 e. The molecule has 0 radical (unpaired) electrons. The molecule has 0 saturated carbocycles. The van der Waals surface area contributed by atoms with Gasteiger partial charge in [0.1, 0.15) is 5.15 Å². The Morgan fingerprint density at radius 3 is 2.86 bits per heavy atom. The van der Waals surface area contributed by atoms with Gasteiger partial charge in [-0.15, -0.1) is 0 Å². The minimum absolute atomic E-state index is 0.107. The summed E-state index contributed by atoms with van der Waals surface area (Å²) in [5, 5.41) is 11.1. The van der Waals surface area contributed by atoms with Crippen LogP contribution in [0.25, 0.3) is 11.1 Å². The lowest BCUT2D eigenvalue weighted by Crippen LogP contribution is -2.14. The molecule has 2 aromatic heterocycles. The van der Waals surface area contributed by atoms with Crippen molar-refractivity contribution in [1.82, 2.24) is 9.55 Å². The average Bonchev–Trinajstić information content (AvgIpc) is 2.74. The molecule has 8 heteroatoms. The molecular formula is C13H8ClN3O4. The number of nitro benzene ring substituents is 1. The molecule has 106 valence electrons. The van der Waals surface area contributed by atoms with E-state index in [1.807, 2.05) is 0 Å². The van der Waals surface area contributed by atoms with Crippen LogP contribution < -0.4 is 5.76 Å². The third kappa shape index (κ3) is 2.50. The molecule has 0 spiro atoms. The number of halogens is 1. The number of oxazole rings is 1. The number of aromatic nitrogens is 2. The van der Waals surface area contributed by atoms with Gasteiger partial charge in [-0.2, -0.15) is 0 Å². The summed E-state index contributed by atoms with van der Waals surface area (Å²) in [4.78, 5) is 26.0. The van der Waals surface area contributed by atoms with Gasteiger partial charge in [0.25, 0.3) is 5.69 Å². The van der Waals surface area contributed by atoms with Gasteiger partial charge in [0, 0.05) is 18.3 Å². The lowest BCUT2D eigenvalue weighted by Gasteiger charge is -2.02. The molecule has 0 aliphatic heterocycles. The maximum Gasteiger partial charge on any atom is 0.420 e. The van der Waals surface area contributed by atoms with Gasteiger partial charge < -0.3 is 4.42 Å². The lowest BCUT2D eigenvalue weighted by molar-refractivity contribution is -0.384. The maximum absolute atomic E-state index is 11.9. The van der Waals surface area contributed by atoms with Crippen LogP contribution in [0.15, 0.2) is 45.7 Å². The predicted molar refractivity (Wildman–Crippen MR) is 75.5 cm³/mol. The number of benzene rings is 1. The fourth-order valence-corrected chi connectivity index (χ4v) is 2.23. The first-order valence-corrected chi connectivity index (χ1v) is 6.30. The second-order valence-corrected chi connectivity index (χ2v) is 4.74. The molecule has 21 heavy (non-hydrogen) atoms. The minimum atomic E-state index is -0.585. The van der Waals surface area contributed by atoms with Crippen molar-refractivity contribution in [2.75, 3.05) is 0 Å². The van der Waals surface area contributed by atoms with Crippen molar-refractivity contribution in [3.8, 4) is 0 Å². The molecule has 3 rings (SSSR count). The van der Waals surface area contributed by atoms with Crippen molar-refractivity contribution < 1.29 is 9.34 Å². The number of rotatable bonds is 3. The molecule has 0 aliphatic rings. The molecule has 0 unspecified atom stereocenters. The zero-order valence-corrected chi connectivity index (χ0v) is 11.3. The third-order valence-corrected chi connectivity index (χ3v) is 3.20. The molecule has 7 nitrogen and oxygen atoms in total. The molecule has 1 aromatic carbocycles. The first-order valence-electron chi connectivity index (χ1n) is 5.93. The first-order chi connectivity index (χ1) is 10.0. The van der Waals surface area contributed by atoms with Crippen molar-refractivity contribution in [3.63, 3.8) is 0 Å². The SMILES string of the molecule is O=c1oc2ccc([N+](=O)[O-])cc2n1Cc1ccnc(Cl)c1. The highest BCUT2D eigenvalue weighted by Crippen LogP contribution is 2.21. The topological polar surface area (TPSA) is 91.2 Å². The van der Waals surface area contributed by atoms with Crippen LogP contribution in [-0.4, -0.2) is 14.5 Å². The fraction of sp³-hybridized carbons (Fsp3) is 0.0769. The van der Waals surface area contributed by atoms with Gasteiger partial charge >= 0.3 is 5.76 Å². The smallest absolute Gasteiger partial charge is 0.408 e. The second kappa shape index (κ2) is 5.02. The molecule has 0 atom stereocenters. The van der Waals surface area contributed by atoms with E-state index in [4.69, 9.17) is 16.0 Å². The van der Waals surface area contributed by atoms with Gasteiger partial charge in [0.2, 0.25) is 0 Å². The van der Waals surface area contributed by atoms with E-state index in [9.17, 15) is 14.9 Å². The number of non-ortho nitro benzene ring substituents is 1. The van der Waals surface area contributed by atoms with E-state index in [1.54, 1.807) is 12.1 Å². The molecule has 0 aliphatic carbocycles. The van der Waals surface area contributed by atoms with Gasteiger partial charge in [-0.25, -0.2) is 9.78 Å². The van der Waals surface area contributed by atoms with E-state index in [-0.39, 0.29) is 12.2 Å². The highest BCUT2D eigenvalue weighted by Gasteiger charge is 2.14. The van der Waals surface area contributed by atoms with Crippen LogP contribution in [-0.2, 0) is 6.54 Å². The Bertz CT molecular complexity index is 900. The van der Waals surface area contributed by atoms with Crippen LogP contribution in [0, 0.1) is 10.1 Å². The van der Waals surface area contributed by atoms with Crippen LogP contribution >= 0.6 is 11.6 Å². The minimum Gasteiger partial charge on any atom is -0.408 e. The normalized spacial score (nSPS) is 10.9. The van der Waals surface area contributed by atoms with Crippen molar-refractivity contribution in [3.05, 3.63) is 67.9 Å². The van der Waals surface area contributed by atoms with Crippen LogP contribution in [0.4, 0.5) is 5.69 Å². The van der Waals surface area contributed by atoms with Gasteiger partial charge in [-0.1, -0.05) is 11.6 Å². The summed E-state index contributed by atoms with van der Waals surface area (Å²) in [5.74, 6) is -0.585. The van der Waals surface area contributed by atoms with E-state index in [2.05, 4.69) is 4.98 Å². The molecule has 0 amide bonds. The predicted octanol–water partition coefficient (Wildman–Crippen LogP) is 2.60. The highest BCUT2D eigenvalue weighted by molar-refractivity contribution is 6.29. The van der Waals surface area contributed by atoms with E-state index in [0.717, 1.165) is 5.56 Å². The Labute approximate surface area is 122 Å². The monoisotopic (exact) mass is 305 g/mol. The molecule has 0 N–H and O–H groups in total. The van der Waals surface area contributed by atoms with Gasteiger partial charge in [-0.05, 0) is 23.8 Å². The van der Waals surface area contributed by atoms with Crippen LogP contribution in [0.2, 0.25) is 5.15 Å². The second-order valence-electron chi connectivity index (χ2n) is 4.35. The van der Waals surface area contributed by atoms with E-state index in [1.165, 1.54) is 29.0 Å². The highest BCUT2D eigenvalue weighted by atomic mass is 35.5. The number of nitrogens with zero attached hydrogens (tertiary/aromatic N) is 3. The van der Waals surface area contributed by atoms with E-state index >= 15 is 0 Å². The summed E-state index contributed by atoms with van der Waals surface area (Å²) in [6.07, 6.45) is 1.52. The Morgan fingerprint density at radius 2 is 2.14 bits per heavy atom. The van der Waals surface area contributed by atoms with Crippen LogP contribution in [0.5, 0.6) is 0 Å². The number of fused-ring (bicyclic) bond motifs is 1. The summed E-state index contributed by atoms with van der Waals surface area (Å²) in [5.41, 5.74) is 1.30. The Kier molecular flexibility index (Phi) is 3.19. The quantitative estimate of drug-likeness (QED) is 0.421. The molecule has 0 saturated heterocycles. The summed E-state index contributed by atoms with van der Waals surface area (Å²) in [7, 11) is 0. The summed E-state index contributed by atoms with van der Waals surface area (Å²) < 4.78 is 6.39. The summed E-state index contributed by atoms with van der Waals surface area (Å²) in [6.45, 7) is 0.190. The Morgan fingerprint density at radius 1 is 1.33 bits per heavy atom. The number of hydrogen-bond donors (Lipinski definition) is 0. The van der Waals surface area contributed by atoms with Gasteiger partial charge in [0.15, 0.2) is 5.58 Å². The van der Waals surface area contributed by atoms with Crippen LogP contribution in [0.1, 0.15) is 5.56 Å². The molecule has 2 heterocycles. The van der Waals surface area contributed by atoms with E-state index < -0.39 is 10.7 Å². The number of hydrogen-bond acceptors (Lipinski definition) is 5. The van der Waals surface area contributed by atoms with Crippen molar-refractivity contribution in [2.45, 2.75) is 6.54 Å². The van der Waals surface area contributed by atoms with Gasteiger partial charge in [0.05, 0.1) is 17.0 Å². The summed E-state index contributed by atoms with van der Waals surface area (Å²) in [6, 6.07) is 7.32. The molecule has 0 bridgehead atoms. The zero-order chi connectivity index (χ0) is 15.0. The maximum atomic E-state index is 11.9. The molecule has 3 aromatic rings. The fourth-order valence-electron chi connectivity index (χ4n) is 2.04. The molecular weight excluding hydrogens is 298 g/mol. The first kappa shape index (κ1) is 13.3. The Balaban J connectivity index is 2.12.